The van der Waals surface area contributed by atoms with Crippen molar-refractivity contribution in [1.82, 2.24) is 4.90 Å². The van der Waals surface area contributed by atoms with E-state index in [0.717, 1.165) is 28.5 Å². The van der Waals surface area contributed by atoms with Crippen molar-refractivity contribution in [3.8, 4) is 6.07 Å². The van der Waals surface area contributed by atoms with Gasteiger partial charge in [0.05, 0.1) is 29.2 Å². The highest BCUT2D eigenvalue weighted by atomic mass is 32.2. The molecule has 0 bridgehead atoms. The third kappa shape index (κ3) is 3.73. The first-order chi connectivity index (χ1) is 14.5. The van der Waals surface area contributed by atoms with E-state index in [9.17, 15) is 10.1 Å². The van der Waals surface area contributed by atoms with Gasteiger partial charge in [-0.05, 0) is 35.1 Å². The molecule has 0 spiro atoms. The number of benzene rings is 2. The van der Waals surface area contributed by atoms with Gasteiger partial charge in [-0.1, -0.05) is 75.0 Å². The SMILES string of the molecule is CCc1ccccc1N1CSC2=C(C#N)C(c3ccc(C(C)C)cc3)CC(=O)N2C1. The zero-order valence-corrected chi connectivity index (χ0v) is 18.6. The highest BCUT2D eigenvalue weighted by Crippen LogP contribution is 2.43. The number of anilines is 1. The van der Waals surface area contributed by atoms with E-state index in [2.05, 4.69) is 74.2 Å². The molecule has 4 nitrogen and oxygen atoms in total. The summed E-state index contributed by atoms with van der Waals surface area (Å²) in [7, 11) is 0. The quantitative estimate of drug-likeness (QED) is 0.650. The number of amides is 1. The molecular formula is C25H27N3OS. The molecule has 30 heavy (non-hydrogen) atoms. The van der Waals surface area contributed by atoms with Crippen LogP contribution in [-0.2, 0) is 11.2 Å². The molecule has 2 aliphatic heterocycles. The molecule has 154 valence electrons. The fourth-order valence-electron chi connectivity index (χ4n) is 4.23. The van der Waals surface area contributed by atoms with Crippen molar-refractivity contribution in [2.75, 3.05) is 17.4 Å². The topological polar surface area (TPSA) is 47.3 Å². The van der Waals surface area contributed by atoms with Crippen LogP contribution in [0, 0.1) is 11.3 Å². The van der Waals surface area contributed by atoms with Gasteiger partial charge in [-0.25, -0.2) is 0 Å². The molecule has 4 rings (SSSR count). The monoisotopic (exact) mass is 417 g/mol. The maximum Gasteiger partial charge on any atom is 0.229 e. The molecule has 1 saturated heterocycles. The van der Waals surface area contributed by atoms with Crippen LogP contribution in [0.3, 0.4) is 0 Å². The number of nitriles is 1. The van der Waals surface area contributed by atoms with Gasteiger partial charge in [0, 0.05) is 18.0 Å². The summed E-state index contributed by atoms with van der Waals surface area (Å²) >= 11 is 1.60. The second-order valence-electron chi connectivity index (χ2n) is 8.17. The summed E-state index contributed by atoms with van der Waals surface area (Å²) in [6, 6.07) is 19.2. The summed E-state index contributed by atoms with van der Waals surface area (Å²) in [6.07, 6.45) is 1.29. The molecule has 2 aromatic carbocycles. The zero-order valence-electron chi connectivity index (χ0n) is 17.8. The lowest BCUT2D eigenvalue weighted by atomic mass is 9.85. The second-order valence-corrected chi connectivity index (χ2v) is 9.10. The number of fused-ring (bicyclic) bond motifs is 1. The maximum absolute atomic E-state index is 13.1. The molecule has 0 radical (unpaired) electrons. The molecule has 1 amide bonds. The van der Waals surface area contributed by atoms with Gasteiger partial charge in [0.2, 0.25) is 5.91 Å². The molecule has 0 saturated carbocycles. The largest absolute Gasteiger partial charge is 0.343 e. The average molecular weight is 418 g/mol. The Morgan fingerprint density at radius 1 is 1.17 bits per heavy atom. The number of carbonyl (C=O) groups excluding carboxylic acids is 1. The molecule has 2 aliphatic rings. The first kappa shape index (κ1) is 20.6. The number of para-hydroxylation sites is 1. The summed E-state index contributed by atoms with van der Waals surface area (Å²) in [4.78, 5) is 17.2. The van der Waals surface area contributed by atoms with Gasteiger partial charge in [-0.2, -0.15) is 5.26 Å². The third-order valence-corrected chi connectivity index (χ3v) is 7.17. The van der Waals surface area contributed by atoms with Crippen LogP contribution in [0.25, 0.3) is 0 Å². The molecule has 2 heterocycles. The Bertz CT molecular complexity index is 1020. The van der Waals surface area contributed by atoms with Crippen molar-refractivity contribution < 1.29 is 4.79 Å². The molecule has 5 heteroatoms. The van der Waals surface area contributed by atoms with Crippen LogP contribution in [0.15, 0.2) is 59.1 Å². The summed E-state index contributed by atoms with van der Waals surface area (Å²) in [5.41, 5.74) is 5.49. The molecule has 0 aliphatic carbocycles. The highest BCUT2D eigenvalue weighted by Gasteiger charge is 2.38. The van der Waals surface area contributed by atoms with E-state index in [-0.39, 0.29) is 11.8 Å². The Labute approximate surface area is 183 Å². The normalized spacial score (nSPS) is 19.2. The molecular weight excluding hydrogens is 390 g/mol. The Balaban J connectivity index is 1.64. The predicted octanol–water partition coefficient (Wildman–Crippen LogP) is 5.59. The van der Waals surface area contributed by atoms with Crippen LogP contribution >= 0.6 is 11.8 Å². The van der Waals surface area contributed by atoms with Gasteiger partial charge < -0.3 is 4.90 Å². The van der Waals surface area contributed by atoms with E-state index in [4.69, 9.17) is 0 Å². The number of carbonyl (C=O) groups is 1. The van der Waals surface area contributed by atoms with Crippen molar-refractivity contribution in [3.05, 3.63) is 75.8 Å². The van der Waals surface area contributed by atoms with Gasteiger partial charge in [-0.3, -0.25) is 9.69 Å². The van der Waals surface area contributed by atoms with Crippen molar-refractivity contribution in [2.45, 2.75) is 45.4 Å². The molecule has 1 atom stereocenters. The van der Waals surface area contributed by atoms with Crippen LogP contribution in [0.4, 0.5) is 5.69 Å². The fourth-order valence-corrected chi connectivity index (χ4v) is 5.39. The first-order valence-corrected chi connectivity index (χ1v) is 11.5. The van der Waals surface area contributed by atoms with Gasteiger partial charge >= 0.3 is 0 Å². The number of thioether (sulfide) groups is 1. The van der Waals surface area contributed by atoms with E-state index in [1.165, 1.54) is 16.8 Å². The Hall–Kier alpha value is -2.71. The first-order valence-electron chi connectivity index (χ1n) is 10.5. The van der Waals surface area contributed by atoms with E-state index >= 15 is 0 Å². The number of aryl methyl sites for hydroxylation is 1. The number of hydrogen-bond acceptors (Lipinski definition) is 4. The average Bonchev–Trinajstić information content (AvgIpc) is 2.78. The Kier molecular flexibility index (Phi) is 5.87. The van der Waals surface area contributed by atoms with Crippen molar-refractivity contribution in [3.63, 3.8) is 0 Å². The lowest BCUT2D eigenvalue weighted by molar-refractivity contribution is -0.129. The fraction of sp³-hybridized carbons (Fsp3) is 0.360. The number of nitrogens with zero attached hydrogens (tertiary/aromatic N) is 3. The van der Waals surface area contributed by atoms with Gasteiger partial charge in [0.1, 0.15) is 0 Å². The van der Waals surface area contributed by atoms with Gasteiger partial charge in [0.25, 0.3) is 0 Å². The van der Waals surface area contributed by atoms with Crippen LogP contribution in [-0.4, -0.2) is 23.4 Å². The summed E-state index contributed by atoms with van der Waals surface area (Å²) in [5.74, 6) is 1.13. The van der Waals surface area contributed by atoms with Crippen LogP contribution < -0.4 is 4.90 Å². The molecule has 0 aromatic heterocycles. The molecule has 1 fully saturated rings. The molecule has 2 aromatic rings. The van der Waals surface area contributed by atoms with Crippen molar-refractivity contribution in [2.24, 2.45) is 0 Å². The second kappa shape index (κ2) is 8.57. The molecule has 0 N–H and O–H groups in total. The number of rotatable bonds is 4. The van der Waals surface area contributed by atoms with E-state index in [0.29, 0.717) is 19.0 Å². The Morgan fingerprint density at radius 3 is 2.57 bits per heavy atom. The minimum atomic E-state index is -0.156. The summed E-state index contributed by atoms with van der Waals surface area (Å²) < 4.78 is 0. The highest BCUT2D eigenvalue weighted by molar-refractivity contribution is 8.03. The van der Waals surface area contributed by atoms with E-state index in [1.54, 1.807) is 16.7 Å². The van der Waals surface area contributed by atoms with E-state index < -0.39 is 0 Å². The van der Waals surface area contributed by atoms with Crippen LogP contribution in [0.1, 0.15) is 55.7 Å². The summed E-state index contributed by atoms with van der Waals surface area (Å²) in [6.45, 7) is 6.99. The minimum absolute atomic E-state index is 0.0908. The predicted molar refractivity (Wildman–Crippen MR) is 123 cm³/mol. The number of hydrogen-bond donors (Lipinski definition) is 0. The zero-order chi connectivity index (χ0) is 21.3. The third-order valence-electron chi connectivity index (χ3n) is 6.01. The minimum Gasteiger partial charge on any atom is -0.343 e. The smallest absolute Gasteiger partial charge is 0.229 e. The Morgan fingerprint density at radius 2 is 1.90 bits per heavy atom. The summed E-state index contributed by atoms with van der Waals surface area (Å²) in [5, 5.41) is 10.8. The standard InChI is InChI=1S/C25H27N3OS/c1-4-18-7-5-6-8-23(18)27-15-28-24(29)13-21(22(14-26)25(28)30-16-27)20-11-9-19(10-12-20)17(2)3/h5-12,17,21H,4,13,15-16H2,1-3H3. The number of allylic oxidation sites excluding steroid dienone is 1. The van der Waals surface area contributed by atoms with Gasteiger partial charge in [0.15, 0.2) is 0 Å². The van der Waals surface area contributed by atoms with Crippen LogP contribution in [0.5, 0.6) is 0 Å². The van der Waals surface area contributed by atoms with Crippen molar-refractivity contribution >= 4 is 23.4 Å². The van der Waals surface area contributed by atoms with Crippen molar-refractivity contribution in [1.29, 1.82) is 5.26 Å². The van der Waals surface area contributed by atoms with Crippen LogP contribution in [0.2, 0.25) is 0 Å². The lowest BCUT2D eigenvalue weighted by Gasteiger charge is -2.42. The van der Waals surface area contributed by atoms with E-state index in [1.807, 2.05) is 6.07 Å². The lowest BCUT2D eigenvalue weighted by Crippen LogP contribution is -2.47. The van der Waals surface area contributed by atoms with Gasteiger partial charge in [-0.15, -0.1) is 0 Å². The maximum atomic E-state index is 13.1. The molecule has 1 unspecified atom stereocenters.